The number of hydrogen-bond donors (Lipinski definition) is 1. The SMILES string of the molecule is O=C(Cc1ccc(F)cc1)NCCC1CCCO1. The van der Waals surface area contributed by atoms with Gasteiger partial charge < -0.3 is 10.1 Å². The molecule has 2 rings (SSSR count). The number of ether oxygens (including phenoxy) is 1. The third kappa shape index (κ3) is 4.11. The number of benzene rings is 1. The minimum atomic E-state index is -0.280. The summed E-state index contributed by atoms with van der Waals surface area (Å²) in [7, 11) is 0. The van der Waals surface area contributed by atoms with Crippen LogP contribution in [0, 0.1) is 5.82 Å². The average molecular weight is 251 g/mol. The highest BCUT2D eigenvalue weighted by Crippen LogP contribution is 2.14. The van der Waals surface area contributed by atoms with E-state index in [0.717, 1.165) is 31.4 Å². The Bertz CT molecular complexity index is 385. The molecule has 1 saturated heterocycles. The summed E-state index contributed by atoms with van der Waals surface area (Å²) in [6, 6.07) is 6.01. The monoisotopic (exact) mass is 251 g/mol. The van der Waals surface area contributed by atoms with Crippen molar-refractivity contribution in [3.63, 3.8) is 0 Å². The fraction of sp³-hybridized carbons (Fsp3) is 0.500. The molecule has 1 fully saturated rings. The van der Waals surface area contributed by atoms with Crippen LogP contribution in [0.25, 0.3) is 0 Å². The van der Waals surface area contributed by atoms with Crippen LogP contribution in [-0.2, 0) is 16.0 Å². The van der Waals surface area contributed by atoms with E-state index >= 15 is 0 Å². The normalized spacial score (nSPS) is 18.8. The van der Waals surface area contributed by atoms with Gasteiger partial charge in [-0.3, -0.25) is 4.79 Å². The lowest BCUT2D eigenvalue weighted by Gasteiger charge is -2.10. The Kier molecular flexibility index (Phi) is 4.70. The van der Waals surface area contributed by atoms with Crippen LogP contribution in [0.1, 0.15) is 24.8 Å². The molecule has 1 N–H and O–H groups in total. The first kappa shape index (κ1) is 13.0. The third-order valence-corrected chi connectivity index (χ3v) is 3.09. The summed E-state index contributed by atoms with van der Waals surface area (Å²) in [5.74, 6) is -0.308. The Morgan fingerprint density at radius 3 is 2.83 bits per heavy atom. The highest BCUT2D eigenvalue weighted by Gasteiger charge is 2.15. The molecule has 1 aliphatic heterocycles. The maximum atomic E-state index is 12.7. The topological polar surface area (TPSA) is 38.3 Å². The van der Waals surface area contributed by atoms with Crippen molar-refractivity contribution in [3.8, 4) is 0 Å². The Labute approximate surface area is 106 Å². The largest absolute Gasteiger partial charge is 0.378 e. The second-order valence-electron chi connectivity index (χ2n) is 4.58. The molecular weight excluding hydrogens is 233 g/mol. The summed E-state index contributed by atoms with van der Waals surface area (Å²) in [5, 5.41) is 2.86. The molecule has 0 radical (unpaired) electrons. The van der Waals surface area contributed by atoms with Crippen LogP contribution in [0.2, 0.25) is 0 Å². The van der Waals surface area contributed by atoms with E-state index in [1.807, 2.05) is 0 Å². The molecule has 1 amide bonds. The summed E-state index contributed by atoms with van der Waals surface area (Å²) in [5.41, 5.74) is 0.825. The van der Waals surface area contributed by atoms with Crippen LogP contribution in [0.5, 0.6) is 0 Å². The molecule has 1 aromatic carbocycles. The van der Waals surface area contributed by atoms with E-state index in [0.29, 0.717) is 19.1 Å². The molecule has 3 nitrogen and oxygen atoms in total. The van der Waals surface area contributed by atoms with Gasteiger partial charge in [-0.1, -0.05) is 12.1 Å². The average Bonchev–Trinajstić information content (AvgIpc) is 2.85. The molecule has 1 unspecified atom stereocenters. The Balaban J connectivity index is 1.66. The maximum Gasteiger partial charge on any atom is 0.224 e. The molecule has 0 aliphatic carbocycles. The first-order chi connectivity index (χ1) is 8.74. The van der Waals surface area contributed by atoms with Crippen molar-refractivity contribution in [3.05, 3.63) is 35.6 Å². The molecule has 1 atom stereocenters. The van der Waals surface area contributed by atoms with Crippen LogP contribution in [-0.4, -0.2) is 25.2 Å². The van der Waals surface area contributed by atoms with Gasteiger partial charge in [0.1, 0.15) is 5.82 Å². The second-order valence-corrected chi connectivity index (χ2v) is 4.58. The van der Waals surface area contributed by atoms with Crippen molar-refractivity contribution >= 4 is 5.91 Å². The molecule has 1 aliphatic rings. The molecular formula is C14H18FNO2. The molecule has 18 heavy (non-hydrogen) atoms. The third-order valence-electron chi connectivity index (χ3n) is 3.09. The van der Waals surface area contributed by atoms with Gasteiger partial charge in [-0.25, -0.2) is 4.39 Å². The van der Waals surface area contributed by atoms with Crippen molar-refractivity contribution in [1.82, 2.24) is 5.32 Å². The van der Waals surface area contributed by atoms with Gasteiger partial charge in [0.15, 0.2) is 0 Å². The number of halogens is 1. The van der Waals surface area contributed by atoms with Crippen LogP contribution >= 0.6 is 0 Å². The van der Waals surface area contributed by atoms with Crippen molar-refractivity contribution in [1.29, 1.82) is 0 Å². The van der Waals surface area contributed by atoms with E-state index in [9.17, 15) is 9.18 Å². The zero-order valence-electron chi connectivity index (χ0n) is 10.3. The lowest BCUT2D eigenvalue weighted by atomic mass is 10.1. The van der Waals surface area contributed by atoms with Gasteiger partial charge >= 0.3 is 0 Å². The number of carbonyl (C=O) groups is 1. The van der Waals surface area contributed by atoms with Gasteiger partial charge in [-0.2, -0.15) is 0 Å². The predicted molar refractivity (Wildman–Crippen MR) is 66.7 cm³/mol. The number of carbonyl (C=O) groups excluding carboxylic acids is 1. The van der Waals surface area contributed by atoms with E-state index in [-0.39, 0.29) is 11.7 Å². The predicted octanol–water partition coefficient (Wildman–Crippen LogP) is 2.05. The summed E-state index contributed by atoms with van der Waals surface area (Å²) < 4.78 is 18.2. The lowest BCUT2D eigenvalue weighted by molar-refractivity contribution is -0.120. The molecule has 0 aromatic heterocycles. The van der Waals surface area contributed by atoms with Crippen LogP contribution in [0.3, 0.4) is 0 Å². The van der Waals surface area contributed by atoms with Crippen molar-refractivity contribution in [2.45, 2.75) is 31.8 Å². The van der Waals surface area contributed by atoms with E-state index in [4.69, 9.17) is 4.74 Å². The molecule has 4 heteroatoms. The van der Waals surface area contributed by atoms with Crippen LogP contribution < -0.4 is 5.32 Å². The highest BCUT2D eigenvalue weighted by atomic mass is 19.1. The van der Waals surface area contributed by atoms with Gasteiger partial charge in [-0.05, 0) is 37.0 Å². The van der Waals surface area contributed by atoms with Crippen molar-refractivity contribution < 1.29 is 13.9 Å². The molecule has 0 saturated carbocycles. The molecule has 0 spiro atoms. The van der Waals surface area contributed by atoms with Gasteiger partial charge in [0, 0.05) is 13.2 Å². The smallest absolute Gasteiger partial charge is 0.224 e. The molecule has 0 bridgehead atoms. The van der Waals surface area contributed by atoms with Crippen molar-refractivity contribution in [2.75, 3.05) is 13.2 Å². The number of nitrogens with one attached hydrogen (secondary N) is 1. The Morgan fingerprint density at radius 2 is 2.17 bits per heavy atom. The van der Waals surface area contributed by atoms with Gasteiger partial charge in [0.2, 0.25) is 5.91 Å². The number of amides is 1. The standard InChI is InChI=1S/C14H18FNO2/c15-12-5-3-11(4-6-12)10-14(17)16-8-7-13-2-1-9-18-13/h3-6,13H,1-2,7-10H2,(H,16,17). The second kappa shape index (κ2) is 6.50. The minimum Gasteiger partial charge on any atom is -0.378 e. The van der Waals surface area contributed by atoms with Gasteiger partial charge in [-0.15, -0.1) is 0 Å². The number of rotatable bonds is 5. The summed E-state index contributed by atoms with van der Waals surface area (Å²) in [6.07, 6.45) is 3.68. The van der Waals surface area contributed by atoms with Gasteiger partial charge in [0.05, 0.1) is 12.5 Å². The quantitative estimate of drug-likeness (QED) is 0.869. The van der Waals surface area contributed by atoms with Crippen molar-refractivity contribution in [2.24, 2.45) is 0 Å². The lowest BCUT2D eigenvalue weighted by Crippen LogP contribution is -2.28. The zero-order valence-corrected chi connectivity index (χ0v) is 10.3. The maximum absolute atomic E-state index is 12.7. The zero-order chi connectivity index (χ0) is 12.8. The Morgan fingerprint density at radius 1 is 1.39 bits per heavy atom. The summed E-state index contributed by atoms with van der Waals surface area (Å²) in [4.78, 5) is 11.6. The van der Waals surface area contributed by atoms with E-state index in [1.165, 1.54) is 12.1 Å². The van der Waals surface area contributed by atoms with E-state index in [1.54, 1.807) is 12.1 Å². The molecule has 1 aromatic rings. The Hall–Kier alpha value is -1.42. The van der Waals surface area contributed by atoms with Crippen LogP contribution in [0.15, 0.2) is 24.3 Å². The van der Waals surface area contributed by atoms with Crippen LogP contribution in [0.4, 0.5) is 4.39 Å². The van der Waals surface area contributed by atoms with E-state index < -0.39 is 0 Å². The summed E-state index contributed by atoms with van der Waals surface area (Å²) >= 11 is 0. The molecule has 98 valence electrons. The number of hydrogen-bond acceptors (Lipinski definition) is 2. The fourth-order valence-corrected chi connectivity index (χ4v) is 2.09. The van der Waals surface area contributed by atoms with E-state index in [2.05, 4.69) is 5.32 Å². The highest BCUT2D eigenvalue weighted by molar-refractivity contribution is 5.78. The molecule has 1 heterocycles. The minimum absolute atomic E-state index is 0.0281. The first-order valence-electron chi connectivity index (χ1n) is 6.37. The fourth-order valence-electron chi connectivity index (χ4n) is 2.09. The first-order valence-corrected chi connectivity index (χ1v) is 6.37. The summed E-state index contributed by atoms with van der Waals surface area (Å²) in [6.45, 7) is 1.49. The van der Waals surface area contributed by atoms with Gasteiger partial charge in [0.25, 0.3) is 0 Å².